The van der Waals surface area contributed by atoms with Crippen molar-refractivity contribution in [2.24, 2.45) is 5.14 Å². The van der Waals surface area contributed by atoms with E-state index in [0.29, 0.717) is 10.4 Å². The van der Waals surface area contributed by atoms with E-state index >= 15 is 0 Å². The minimum absolute atomic E-state index is 0.592. The molecule has 0 amide bonds. The molecule has 0 saturated carbocycles. The molecule has 0 heterocycles. The molecule has 0 aliphatic rings. The first-order valence-corrected chi connectivity index (χ1v) is 3.93. The van der Waals surface area contributed by atoms with Crippen LogP contribution in [0.5, 0.6) is 0 Å². The Labute approximate surface area is 63.4 Å². The Bertz CT molecular complexity index is 246. The molecule has 1 aromatic carbocycles. The molecule has 1 rings (SSSR count). The smallest absolute Gasteiger partial charge is 0.122 e. The van der Waals surface area contributed by atoms with E-state index in [2.05, 4.69) is 0 Å². The van der Waals surface area contributed by atoms with Crippen LogP contribution in [0.25, 0.3) is 0 Å². The lowest BCUT2D eigenvalue weighted by atomic mass is 9.97. The summed E-state index contributed by atoms with van der Waals surface area (Å²) >= 11 is 0. The van der Waals surface area contributed by atoms with E-state index in [-0.39, 0.29) is 0 Å². The second-order valence-corrected chi connectivity index (χ2v) is 2.93. The summed E-state index contributed by atoms with van der Waals surface area (Å²) in [5.74, 6) is 0. The predicted molar refractivity (Wildman–Crippen MR) is 42.4 cm³/mol. The third kappa shape index (κ3) is 1.69. The van der Waals surface area contributed by atoms with Crippen LogP contribution in [0.1, 0.15) is 0 Å². The van der Waals surface area contributed by atoms with Gasteiger partial charge in [0, 0.05) is 0 Å². The molecule has 2 N–H and O–H groups in total. The Morgan fingerprint density at radius 1 is 1.30 bits per heavy atom. The Hall–Kier alpha value is -0.605. The van der Waals surface area contributed by atoms with Crippen LogP contribution < -0.4 is 10.6 Å². The van der Waals surface area contributed by atoms with Crippen LogP contribution in [0, 0.1) is 0 Å². The Morgan fingerprint density at radius 2 is 1.80 bits per heavy atom. The zero-order valence-electron chi connectivity index (χ0n) is 5.28. The van der Waals surface area contributed by atoms with E-state index in [1.807, 2.05) is 0 Å². The molecule has 4 heteroatoms. The summed E-state index contributed by atoms with van der Waals surface area (Å²) in [7, 11) is 3.99. The van der Waals surface area contributed by atoms with E-state index in [4.69, 9.17) is 13.0 Å². The van der Waals surface area contributed by atoms with Gasteiger partial charge in [-0.25, -0.2) is 9.35 Å². The minimum atomic E-state index is -1.39. The van der Waals surface area contributed by atoms with Gasteiger partial charge in [0.1, 0.15) is 18.8 Å². The molecular formula is C6H6BNOS. The fourth-order valence-corrected chi connectivity index (χ4v) is 1.01. The standard InChI is InChI=1S/C6H6BNOS/c7-5-1-3-6(4-2-5)10(8)9/h1-4H,8H2. The highest BCUT2D eigenvalue weighted by Crippen LogP contribution is 1.97. The van der Waals surface area contributed by atoms with Gasteiger partial charge in [0.25, 0.3) is 0 Å². The zero-order valence-corrected chi connectivity index (χ0v) is 6.10. The highest BCUT2D eigenvalue weighted by molar-refractivity contribution is 7.82. The van der Waals surface area contributed by atoms with Crippen molar-refractivity contribution in [3.05, 3.63) is 24.3 Å². The largest absolute Gasteiger partial charge is 0.248 e. The summed E-state index contributed by atoms with van der Waals surface area (Å²) in [6, 6.07) is 6.62. The van der Waals surface area contributed by atoms with E-state index in [9.17, 15) is 4.21 Å². The summed E-state index contributed by atoms with van der Waals surface area (Å²) in [4.78, 5) is 0.592. The molecule has 0 fully saturated rings. The fraction of sp³-hybridized carbons (Fsp3) is 0. The first kappa shape index (κ1) is 7.50. The maximum absolute atomic E-state index is 10.6. The number of benzene rings is 1. The normalized spacial score (nSPS) is 12.9. The lowest BCUT2D eigenvalue weighted by Gasteiger charge is -1.94. The minimum Gasteiger partial charge on any atom is -0.248 e. The van der Waals surface area contributed by atoms with E-state index in [1.165, 1.54) is 0 Å². The Morgan fingerprint density at radius 3 is 2.20 bits per heavy atom. The highest BCUT2D eigenvalue weighted by Gasteiger charge is 1.93. The summed E-state index contributed by atoms with van der Waals surface area (Å²) < 4.78 is 10.6. The van der Waals surface area contributed by atoms with E-state index in [1.54, 1.807) is 24.3 Å². The van der Waals surface area contributed by atoms with Crippen molar-refractivity contribution in [3.8, 4) is 0 Å². The van der Waals surface area contributed by atoms with Gasteiger partial charge >= 0.3 is 0 Å². The van der Waals surface area contributed by atoms with Crippen molar-refractivity contribution < 1.29 is 4.21 Å². The first-order valence-electron chi connectivity index (χ1n) is 2.72. The summed E-state index contributed by atoms with van der Waals surface area (Å²) in [6.07, 6.45) is 0. The molecule has 0 aliphatic carbocycles. The maximum atomic E-state index is 10.6. The van der Waals surface area contributed by atoms with E-state index < -0.39 is 11.0 Å². The Kier molecular flexibility index (Phi) is 2.24. The van der Waals surface area contributed by atoms with Gasteiger partial charge in [-0.15, -0.1) is 0 Å². The topological polar surface area (TPSA) is 43.1 Å². The van der Waals surface area contributed by atoms with Gasteiger partial charge in [0.15, 0.2) is 0 Å². The molecule has 0 bridgehead atoms. The zero-order chi connectivity index (χ0) is 7.56. The summed E-state index contributed by atoms with van der Waals surface area (Å²) in [5, 5.41) is 5.10. The molecule has 0 aliphatic heterocycles. The molecule has 0 saturated heterocycles. The SMILES string of the molecule is [B]c1ccc(S(N)=O)cc1. The van der Waals surface area contributed by atoms with Crippen molar-refractivity contribution >= 4 is 24.3 Å². The third-order valence-corrected chi connectivity index (χ3v) is 1.85. The molecule has 1 aromatic rings. The summed E-state index contributed by atoms with van der Waals surface area (Å²) in [5.41, 5.74) is 0.647. The molecule has 10 heavy (non-hydrogen) atoms. The molecule has 1 unspecified atom stereocenters. The van der Waals surface area contributed by atoms with Gasteiger partial charge < -0.3 is 0 Å². The molecule has 2 radical (unpaired) electrons. The van der Waals surface area contributed by atoms with Crippen molar-refractivity contribution in [1.29, 1.82) is 0 Å². The fourth-order valence-electron chi connectivity index (χ4n) is 0.602. The van der Waals surface area contributed by atoms with Gasteiger partial charge in [-0.2, -0.15) is 0 Å². The van der Waals surface area contributed by atoms with Crippen molar-refractivity contribution in [2.45, 2.75) is 4.90 Å². The molecule has 0 spiro atoms. The van der Waals surface area contributed by atoms with Gasteiger partial charge in [-0.1, -0.05) is 17.6 Å². The quantitative estimate of drug-likeness (QED) is 0.538. The number of hydrogen-bond acceptors (Lipinski definition) is 1. The second-order valence-electron chi connectivity index (χ2n) is 1.87. The summed E-state index contributed by atoms with van der Waals surface area (Å²) in [6.45, 7) is 0. The average molecular weight is 151 g/mol. The van der Waals surface area contributed by atoms with Crippen LogP contribution >= 0.6 is 0 Å². The van der Waals surface area contributed by atoms with Crippen LogP contribution in [-0.4, -0.2) is 12.1 Å². The van der Waals surface area contributed by atoms with Crippen molar-refractivity contribution in [3.63, 3.8) is 0 Å². The van der Waals surface area contributed by atoms with Crippen molar-refractivity contribution in [1.82, 2.24) is 0 Å². The lowest BCUT2D eigenvalue weighted by Crippen LogP contribution is -2.06. The van der Waals surface area contributed by atoms with Crippen LogP contribution in [0.3, 0.4) is 0 Å². The third-order valence-electron chi connectivity index (χ3n) is 1.11. The van der Waals surface area contributed by atoms with Gasteiger partial charge in [-0.05, 0) is 12.1 Å². The number of rotatable bonds is 1. The predicted octanol–water partition coefficient (Wildman–Crippen LogP) is -0.538. The van der Waals surface area contributed by atoms with Crippen molar-refractivity contribution in [2.75, 3.05) is 0 Å². The van der Waals surface area contributed by atoms with E-state index in [0.717, 1.165) is 0 Å². The molecule has 2 nitrogen and oxygen atoms in total. The van der Waals surface area contributed by atoms with Gasteiger partial charge in [0.05, 0.1) is 4.90 Å². The first-order chi connectivity index (χ1) is 4.70. The second kappa shape index (κ2) is 2.99. The van der Waals surface area contributed by atoms with Gasteiger partial charge in [0.2, 0.25) is 0 Å². The van der Waals surface area contributed by atoms with Crippen LogP contribution in [0.2, 0.25) is 0 Å². The van der Waals surface area contributed by atoms with Crippen LogP contribution in [-0.2, 0) is 11.0 Å². The maximum Gasteiger partial charge on any atom is 0.122 e. The van der Waals surface area contributed by atoms with Gasteiger partial charge in [-0.3, -0.25) is 0 Å². The molecular weight excluding hydrogens is 145 g/mol. The number of hydrogen-bond donors (Lipinski definition) is 1. The Balaban J connectivity index is 3.00. The highest BCUT2D eigenvalue weighted by atomic mass is 32.2. The average Bonchev–Trinajstić information content (AvgIpc) is 1.88. The molecule has 1 atom stereocenters. The monoisotopic (exact) mass is 151 g/mol. The van der Waals surface area contributed by atoms with Crippen LogP contribution in [0.4, 0.5) is 0 Å². The lowest BCUT2D eigenvalue weighted by molar-refractivity contribution is 0.684. The van der Waals surface area contributed by atoms with Crippen LogP contribution in [0.15, 0.2) is 29.2 Å². The molecule has 0 aromatic heterocycles. The number of nitrogens with two attached hydrogens (primary N) is 1. The molecule has 50 valence electrons.